The van der Waals surface area contributed by atoms with E-state index >= 15 is 0 Å². The van der Waals surface area contributed by atoms with Gasteiger partial charge in [-0.05, 0) is 30.2 Å². The summed E-state index contributed by atoms with van der Waals surface area (Å²) in [5, 5.41) is 11.0. The van der Waals surface area contributed by atoms with Crippen molar-refractivity contribution >= 4 is 0 Å². The van der Waals surface area contributed by atoms with Crippen molar-refractivity contribution in [2.75, 3.05) is 6.54 Å². The fourth-order valence-corrected chi connectivity index (χ4v) is 1.93. The van der Waals surface area contributed by atoms with Crippen LogP contribution in [0.1, 0.15) is 25.1 Å². The molecule has 114 valence electrons. The van der Waals surface area contributed by atoms with Gasteiger partial charge >= 0.3 is 0 Å². The molecule has 0 amide bonds. The summed E-state index contributed by atoms with van der Waals surface area (Å²) in [6.07, 6.45) is 1.77. The molecule has 0 aliphatic rings. The monoisotopic (exact) mass is 292 g/mol. The molecule has 1 aromatic carbocycles. The van der Waals surface area contributed by atoms with E-state index in [0.717, 1.165) is 12.1 Å². The van der Waals surface area contributed by atoms with Crippen molar-refractivity contribution in [1.29, 1.82) is 0 Å². The van der Waals surface area contributed by atoms with Gasteiger partial charge in [-0.15, -0.1) is 5.10 Å². The van der Waals surface area contributed by atoms with Gasteiger partial charge in [0.1, 0.15) is 23.9 Å². The third-order valence-electron chi connectivity index (χ3n) is 2.85. The van der Waals surface area contributed by atoms with E-state index in [9.17, 15) is 4.39 Å². The molecule has 0 aliphatic carbocycles. The Kier molecular flexibility index (Phi) is 5.27. The number of nitrogens with zero attached hydrogens (tertiary/aromatic N) is 3. The number of nitrogens with one attached hydrogen (secondary N) is 1. The van der Waals surface area contributed by atoms with Crippen LogP contribution in [-0.2, 0) is 20.2 Å². The van der Waals surface area contributed by atoms with Crippen molar-refractivity contribution in [2.24, 2.45) is 13.0 Å². The minimum atomic E-state index is -0.298. The molecule has 1 N–H and O–H groups in total. The second-order valence-corrected chi connectivity index (χ2v) is 5.49. The molecule has 1 heterocycles. The Morgan fingerprint density at radius 3 is 2.81 bits per heavy atom. The van der Waals surface area contributed by atoms with Crippen LogP contribution in [0.2, 0.25) is 0 Å². The molecule has 0 bridgehead atoms. The lowest BCUT2D eigenvalue weighted by Crippen LogP contribution is -2.19. The molecule has 1 aromatic heterocycles. The number of hydrogen-bond acceptors (Lipinski definition) is 4. The Morgan fingerprint density at radius 2 is 2.14 bits per heavy atom. The second kappa shape index (κ2) is 7.17. The van der Waals surface area contributed by atoms with E-state index in [0.29, 0.717) is 23.9 Å². The lowest BCUT2D eigenvalue weighted by molar-refractivity contribution is 0.299. The van der Waals surface area contributed by atoms with Gasteiger partial charge in [-0.25, -0.2) is 4.39 Å². The van der Waals surface area contributed by atoms with Crippen LogP contribution in [-0.4, -0.2) is 21.5 Å². The molecule has 0 atom stereocenters. The van der Waals surface area contributed by atoms with Gasteiger partial charge in [0.15, 0.2) is 0 Å². The lowest BCUT2D eigenvalue weighted by Gasteiger charge is -2.10. The van der Waals surface area contributed by atoms with E-state index in [1.54, 1.807) is 17.9 Å². The average molecular weight is 292 g/mol. The molecule has 2 rings (SSSR count). The Balaban J connectivity index is 1.94. The van der Waals surface area contributed by atoms with E-state index < -0.39 is 0 Å². The van der Waals surface area contributed by atoms with E-state index in [4.69, 9.17) is 4.74 Å². The summed E-state index contributed by atoms with van der Waals surface area (Å²) in [6.45, 7) is 6.06. The lowest BCUT2D eigenvalue weighted by atomic mass is 10.2. The molecule has 21 heavy (non-hydrogen) atoms. The molecule has 0 saturated carbocycles. The van der Waals surface area contributed by atoms with Crippen LogP contribution < -0.4 is 10.1 Å². The summed E-state index contributed by atoms with van der Waals surface area (Å²) < 4.78 is 20.8. The van der Waals surface area contributed by atoms with Crippen molar-refractivity contribution < 1.29 is 9.13 Å². The van der Waals surface area contributed by atoms with Crippen LogP contribution >= 0.6 is 0 Å². The predicted molar refractivity (Wildman–Crippen MR) is 78.3 cm³/mol. The maximum atomic E-state index is 13.6. The molecule has 0 spiro atoms. The van der Waals surface area contributed by atoms with E-state index in [1.165, 1.54) is 12.1 Å². The van der Waals surface area contributed by atoms with Gasteiger partial charge in [-0.2, -0.15) is 0 Å². The Bertz CT molecular complexity index is 583. The zero-order chi connectivity index (χ0) is 15.2. The molecule has 0 fully saturated rings. The van der Waals surface area contributed by atoms with Gasteiger partial charge in [0, 0.05) is 19.7 Å². The summed E-state index contributed by atoms with van der Waals surface area (Å²) in [6, 6.07) is 4.73. The molecule has 6 heteroatoms. The first kappa shape index (κ1) is 15.4. The molecule has 2 aromatic rings. The zero-order valence-electron chi connectivity index (χ0n) is 12.6. The minimum absolute atomic E-state index is 0.274. The maximum Gasteiger partial charge on any atom is 0.134 e. The van der Waals surface area contributed by atoms with Crippen molar-refractivity contribution in [1.82, 2.24) is 20.3 Å². The van der Waals surface area contributed by atoms with E-state index in [1.807, 2.05) is 6.07 Å². The Labute approximate surface area is 124 Å². The maximum absolute atomic E-state index is 13.6. The van der Waals surface area contributed by atoms with Crippen LogP contribution in [0.3, 0.4) is 0 Å². The normalized spacial score (nSPS) is 11.1. The van der Waals surface area contributed by atoms with Crippen LogP contribution in [0.15, 0.2) is 24.4 Å². The Hall–Kier alpha value is -1.95. The molecular weight excluding hydrogens is 271 g/mol. The summed E-state index contributed by atoms with van der Waals surface area (Å²) in [5.41, 5.74) is 1.58. The fraction of sp³-hybridized carbons (Fsp3) is 0.467. The van der Waals surface area contributed by atoms with Crippen LogP contribution in [0.25, 0.3) is 0 Å². The first-order chi connectivity index (χ1) is 10.0. The standard InChI is InChI=1S/C15H21FN4O/c1-11(2)7-17-8-12-4-13(16)6-15(5-12)21-10-14-9-20(3)19-18-14/h4-6,9,11,17H,7-8,10H2,1-3H3. The fourth-order valence-electron chi connectivity index (χ4n) is 1.93. The van der Waals surface area contributed by atoms with Crippen LogP contribution in [0, 0.1) is 11.7 Å². The van der Waals surface area contributed by atoms with Crippen molar-refractivity contribution in [3.8, 4) is 5.75 Å². The van der Waals surface area contributed by atoms with E-state index in [2.05, 4.69) is 29.5 Å². The summed E-state index contributed by atoms with van der Waals surface area (Å²) in [4.78, 5) is 0. The van der Waals surface area contributed by atoms with Gasteiger partial charge in [-0.3, -0.25) is 4.68 Å². The van der Waals surface area contributed by atoms with Crippen LogP contribution in [0.5, 0.6) is 5.75 Å². The summed E-state index contributed by atoms with van der Waals surface area (Å²) >= 11 is 0. The van der Waals surface area contributed by atoms with Crippen molar-refractivity contribution in [3.63, 3.8) is 0 Å². The molecule has 5 nitrogen and oxygen atoms in total. The molecule has 0 unspecified atom stereocenters. The average Bonchev–Trinajstić information content (AvgIpc) is 2.81. The topological polar surface area (TPSA) is 52.0 Å². The summed E-state index contributed by atoms with van der Waals surface area (Å²) in [5.74, 6) is 0.765. The molecule has 0 saturated heterocycles. The number of hydrogen-bond donors (Lipinski definition) is 1. The zero-order valence-corrected chi connectivity index (χ0v) is 12.6. The first-order valence-corrected chi connectivity index (χ1v) is 7.01. The number of rotatable bonds is 7. The SMILES string of the molecule is CC(C)CNCc1cc(F)cc(OCc2cn(C)nn2)c1. The van der Waals surface area contributed by atoms with E-state index in [-0.39, 0.29) is 12.4 Å². The molecule has 0 radical (unpaired) electrons. The largest absolute Gasteiger partial charge is 0.487 e. The molecule has 0 aliphatic heterocycles. The number of aromatic nitrogens is 3. The second-order valence-electron chi connectivity index (χ2n) is 5.49. The van der Waals surface area contributed by atoms with Gasteiger partial charge in [0.2, 0.25) is 0 Å². The Morgan fingerprint density at radius 1 is 1.33 bits per heavy atom. The summed E-state index contributed by atoms with van der Waals surface area (Å²) in [7, 11) is 1.79. The molecular formula is C15H21FN4O. The quantitative estimate of drug-likeness (QED) is 0.850. The highest BCUT2D eigenvalue weighted by Gasteiger charge is 2.05. The number of benzene rings is 1. The van der Waals surface area contributed by atoms with Crippen LogP contribution in [0.4, 0.5) is 4.39 Å². The highest BCUT2D eigenvalue weighted by atomic mass is 19.1. The smallest absolute Gasteiger partial charge is 0.134 e. The van der Waals surface area contributed by atoms with Crippen molar-refractivity contribution in [3.05, 3.63) is 41.5 Å². The highest BCUT2D eigenvalue weighted by molar-refractivity contribution is 5.29. The van der Waals surface area contributed by atoms with Gasteiger partial charge < -0.3 is 10.1 Å². The van der Waals surface area contributed by atoms with Gasteiger partial charge in [-0.1, -0.05) is 19.1 Å². The van der Waals surface area contributed by atoms with Gasteiger partial charge in [0.25, 0.3) is 0 Å². The third-order valence-corrected chi connectivity index (χ3v) is 2.85. The highest BCUT2D eigenvalue weighted by Crippen LogP contribution is 2.17. The minimum Gasteiger partial charge on any atom is -0.487 e. The van der Waals surface area contributed by atoms with Gasteiger partial charge in [0.05, 0.1) is 6.20 Å². The number of ether oxygens (including phenoxy) is 1. The third kappa shape index (κ3) is 5.15. The predicted octanol–water partition coefficient (Wildman–Crippen LogP) is 2.28. The first-order valence-electron chi connectivity index (χ1n) is 7.01. The number of halogens is 1. The number of aryl methyl sites for hydroxylation is 1. The van der Waals surface area contributed by atoms with Crippen molar-refractivity contribution in [2.45, 2.75) is 27.0 Å².